The second kappa shape index (κ2) is 15.0. The SMILES string of the molecule is Cc1cc(F)ccc1-c1sc(CN2CCN(C(=O)OC(C)(C)C)CC2CO)c(C#N)c1NCC(=O)C(C)(C)c1cc(C(F)(F)F)cc(C(F)(F)F)c1. The lowest BCUT2D eigenvalue weighted by Crippen LogP contribution is -2.56. The molecule has 16 heteroatoms. The number of nitrogens with zero attached hydrogens (tertiary/aromatic N) is 3. The molecule has 0 spiro atoms. The summed E-state index contributed by atoms with van der Waals surface area (Å²) in [7, 11) is 0. The van der Waals surface area contributed by atoms with Crippen LogP contribution in [0.2, 0.25) is 0 Å². The van der Waals surface area contributed by atoms with Gasteiger partial charge in [0.1, 0.15) is 17.5 Å². The van der Waals surface area contributed by atoms with Gasteiger partial charge in [-0.1, -0.05) is 6.07 Å². The number of Topliss-reactive ketones (excluding diaryl/α,β-unsaturated/α-hetero) is 1. The first-order valence-electron chi connectivity index (χ1n) is 16.2. The molecule has 1 amide bonds. The Balaban J connectivity index is 1.69. The van der Waals surface area contributed by atoms with Crippen LogP contribution in [-0.4, -0.2) is 71.2 Å². The van der Waals surface area contributed by atoms with Gasteiger partial charge in [0.2, 0.25) is 0 Å². The molecule has 3 aromatic rings. The molecule has 2 aromatic carbocycles. The normalized spacial score (nSPS) is 16.1. The van der Waals surface area contributed by atoms with E-state index in [1.165, 1.54) is 48.3 Å². The predicted molar refractivity (Wildman–Crippen MR) is 181 cm³/mol. The zero-order chi connectivity index (χ0) is 39.0. The Labute approximate surface area is 300 Å². The van der Waals surface area contributed by atoms with Gasteiger partial charge in [-0.15, -0.1) is 11.3 Å². The maximum Gasteiger partial charge on any atom is 0.416 e. The Bertz CT molecular complexity index is 1830. The molecule has 4 rings (SSSR count). The number of ether oxygens (including phenoxy) is 1. The van der Waals surface area contributed by atoms with Crippen LogP contribution in [0.3, 0.4) is 0 Å². The van der Waals surface area contributed by atoms with Crippen LogP contribution in [0.1, 0.15) is 67.3 Å². The number of hydrogen-bond donors (Lipinski definition) is 2. The number of ketones is 1. The van der Waals surface area contributed by atoms with Crippen molar-refractivity contribution in [3.05, 3.63) is 74.9 Å². The molecule has 1 fully saturated rings. The number of aliphatic hydroxyl groups excluding tert-OH is 1. The summed E-state index contributed by atoms with van der Waals surface area (Å²) in [5.41, 5.74) is -4.87. The summed E-state index contributed by atoms with van der Waals surface area (Å²) < 4.78 is 101. The highest BCUT2D eigenvalue weighted by Crippen LogP contribution is 2.44. The number of thiophene rings is 1. The predicted octanol–water partition coefficient (Wildman–Crippen LogP) is 8.14. The highest BCUT2D eigenvalue weighted by molar-refractivity contribution is 7.16. The van der Waals surface area contributed by atoms with E-state index in [0.717, 1.165) is 0 Å². The molecule has 1 aromatic heterocycles. The van der Waals surface area contributed by atoms with E-state index >= 15 is 0 Å². The van der Waals surface area contributed by atoms with Crippen molar-refractivity contribution in [3.8, 4) is 16.5 Å². The molecule has 2 N–H and O–H groups in total. The van der Waals surface area contributed by atoms with E-state index in [1.807, 2.05) is 4.90 Å². The summed E-state index contributed by atoms with van der Waals surface area (Å²) in [4.78, 5) is 30.7. The van der Waals surface area contributed by atoms with Gasteiger partial charge in [0.25, 0.3) is 0 Å². The van der Waals surface area contributed by atoms with Crippen LogP contribution in [0.5, 0.6) is 0 Å². The lowest BCUT2D eigenvalue weighted by molar-refractivity contribution is -0.143. The van der Waals surface area contributed by atoms with E-state index < -0.39 is 70.3 Å². The Kier molecular flexibility index (Phi) is 11.7. The number of aliphatic hydroxyl groups is 1. The highest BCUT2D eigenvalue weighted by atomic mass is 32.1. The van der Waals surface area contributed by atoms with E-state index in [-0.39, 0.29) is 43.6 Å². The first kappa shape index (κ1) is 40.6. The number of aryl methyl sites for hydroxylation is 1. The minimum absolute atomic E-state index is 0.00948. The number of piperazine rings is 1. The van der Waals surface area contributed by atoms with E-state index in [1.54, 1.807) is 27.7 Å². The highest BCUT2D eigenvalue weighted by Gasteiger charge is 2.40. The van der Waals surface area contributed by atoms with Crippen LogP contribution in [0.25, 0.3) is 10.4 Å². The average molecular weight is 757 g/mol. The number of carbonyl (C=O) groups excluding carboxylic acids is 2. The minimum Gasteiger partial charge on any atom is -0.444 e. The number of carbonyl (C=O) groups is 2. The second-order valence-electron chi connectivity index (χ2n) is 14.1. The van der Waals surface area contributed by atoms with Crippen molar-refractivity contribution in [1.82, 2.24) is 9.80 Å². The van der Waals surface area contributed by atoms with Crippen LogP contribution >= 0.6 is 11.3 Å². The molecule has 0 aliphatic carbocycles. The zero-order valence-electron chi connectivity index (χ0n) is 29.4. The number of nitrogens with one attached hydrogen (secondary N) is 1. The molecule has 1 aliphatic rings. The average Bonchev–Trinajstić information content (AvgIpc) is 3.38. The van der Waals surface area contributed by atoms with Gasteiger partial charge in [-0.2, -0.15) is 31.6 Å². The Morgan fingerprint density at radius 2 is 1.58 bits per heavy atom. The fraction of sp³-hybridized carbons (Fsp3) is 0.472. The van der Waals surface area contributed by atoms with Crippen LogP contribution in [-0.2, 0) is 33.8 Å². The third-order valence-corrected chi connectivity index (χ3v) is 9.98. The number of rotatable bonds is 9. The van der Waals surface area contributed by atoms with Gasteiger partial charge in [0.05, 0.1) is 51.9 Å². The summed E-state index contributed by atoms with van der Waals surface area (Å²) >= 11 is 1.17. The molecule has 1 saturated heterocycles. The van der Waals surface area contributed by atoms with Crippen LogP contribution < -0.4 is 5.32 Å². The molecular formula is C36H39F7N4O4S. The van der Waals surface area contributed by atoms with E-state index in [4.69, 9.17) is 4.74 Å². The van der Waals surface area contributed by atoms with Crippen molar-refractivity contribution in [3.63, 3.8) is 0 Å². The summed E-state index contributed by atoms with van der Waals surface area (Å²) in [6.45, 7) is 9.23. The number of nitriles is 1. The van der Waals surface area contributed by atoms with Crippen molar-refractivity contribution >= 4 is 28.9 Å². The zero-order valence-corrected chi connectivity index (χ0v) is 30.2. The summed E-state index contributed by atoms with van der Waals surface area (Å²) in [6.07, 6.45) is -10.8. The fourth-order valence-electron chi connectivity index (χ4n) is 5.77. The topological polar surface area (TPSA) is 106 Å². The maximum absolute atomic E-state index is 14.1. The summed E-state index contributed by atoms with van der Waals surface area (Å²) in [5.74, 6) is -1.28. The third-order valence-electron chi connectivity index (χ3n) is 8.77. The van der Waals surface area contributed by atoms with Crippen molar-refractivity contribution in [2.24, 2.45) is 0 Å². The molecule has 2 heterocycles. The first-order chi connectivity index (χ1) is 24.0. The second-order valence-corrected chi connectivity index (χ2v) is 15.2. The molecule has 1 aliphatic heterocycles. The van der Waals surface area contributed by atoms with Crippen molar-refractivity contribution in [2.45, 2.75) is 77.5 Å². The number of amides is 1. The summed E-state index contributed by atoms with van der Waals surface area (Å²) in [6, 6.07) is 6.63. The lowest BCUT2D eigenvalue weighted by atomic mass is 9.79. The molecule has 282 valence electrons. The third kappa shape index (κ3) is 9.23. The number of alkyl halides is 6. The standard InChI is InChI=1S/C36H39F7N4O4S/c1-20-11-24(37)7-8-26(20)31-30(45-16-29(49)34(5,6)21-12-22(35(38,39)40)14-23(13-21)36(41,42)43)27(15-44)28(52-31)18-46-9-10-47(17-25(46)19-48)32(50)51-33(2,3)4/h7-8,11-14,25,45,48H,9-10,16-19H2,1-6H3. The van der Waals surface area contributed by atoms with Gasteiger partial charge < -0.3 is 20.1 Å². The largest absolute Gasteiger partial charge is 0.444 e. The lowest BCUT2D eigenvalue weighted by Gasteiger charge is -2.40. The molecule has 1 atom stereocenters. The Morgan fingerprint density at radius 1 is 0.981 bits per heavy atom. The van der Waals surface area contributed by atoms with Gasteiger partial charge in [-0.25, -0.2) is 9.18 Å². The number of halogens is 7. The molecule has 52 heavy (non-hydrogen) atoms. The Hall–Kier alpha value is -4.20. The van der Waals surface area contributed by atoms with Crippen LogP contribution in [0, 0.1) is 24.1 Å². The van der Waals surface area contributed by atoms with E-state index in [0.29, 0.717) is 39.6 Å². The minimum atomic E-state index is -5.11. The quantitative estimate of drug-likeness (QED) is 0.213. The molecule has 0 radical (unpaired) electrons. The number of benzene rings is 2. The Morgan fingerprint density at radius 3 is 2.10 bits per heavy atom. The van der Waals surface area contributed by atoms with Gasteiger partial charge >= 0.3 is 18.4 Å². The van der Waals surface area contributed by atoms with Gasteiger partial charge in [-0.05, 0) is 88.6 Å². The monoisotopic (exact) mass is 756 g/mol. The van der Waals surface area contributed by atoms with Crippen LogP contribution in [0.4, 0.5) is 41.2 Å². The van der Waals surface area contributed by atoms with Gasteiger partial charge in [-0.3, -0.25) is 9.69 Å². The van der Waals surface area contributed by atoms with E-state index in [9.17, 15) is 50.7 Å². The maximum atomic E-state index is 14.1. The molecule has 0 bridgehead atoms. The fourth-order valence-corrected chi connectivity index (χ4v) is 7.11. The molecular weight excluding hydrogens is 717 g/mol. The number of hydrogen-bond acceptors (Lipinski definition) is 8. The molecule has 1 unspecified atom stereocenters. The van der Waals surface area contributed by atoms with Gasteiger partial charge in [0.15, 0.2) is 5.78 Å². The van der Waals surface area contributed by atoms with Crippen LogP contribution in [0.15, 0.2) is 36.4 Å². The molecule has 8 nitrogen and oxygen atoms in total. The first-order valence-corrected chi connectivity index (χ1v) is 17.0. The van der Waals surface area contributed by atoms with Crippen molar-refractivity contribution in [2.75, 3.05) is 38.1 Å². The molecule has 0 saturated carbocycles. The van der Waals surface area contributed by atoms with Crippen molar-refractivity contribution in [1.29, 1.82) is 5.26 Å². The smallest absolute Gasteiger partial charge is 0.416 e. The number of anilines is 1. The van der Waals surface area contributed by atoms with Gasteiger partial charge in [0, 0.05) is 31.1 Å². The van der Waals surface area contributed by atoms with E-state index in [2.05, 4.69) is 11.4 Å². The van der Waals surface area contributed by atoms with Crippen molar-refractivity contribution < 1.29 is 50.2 Å². The summed E-state index contributed by atoms with van der Waals surface area (Å²) in [5, 5.41) is 23.6.